The highest BCUT2D eigenvalue weighted by molar-refractivity contribution is 5.89. The lowest BCUT2D eigenvalue weighted by Crippen LogP contribution is -2.45. The quantitative estimate of drug-likeness (QED) is 0.616. The Kier molecular flexibility index (Phi) is 5.12. The van der Waals surface area contributed by atoms with Crippen LogP contribution in [0, 0.1) is 11.3 Å². The zero-order chi connectivity index (χ0) is 13.8. The number of rotatable bonds is 6. The van der Waals surface area contributed by atoms with Crippen LogP contribution < -0.4 is 11.1 Å². The van der Waals surface area contributed by atoms with Gasteiger partial charge in [0, 0.05) is 6.42 Å². The molecule has 17 heavy (non-hydrogen) atoms. The van der Waals surface area contributed by atoms with Gasteiger partial charge in [-0.25, -0.2) is 0 Å². The maximum Gasteiger partial charge on any atom is 0.310 e. The molecule has 6 nitrogen and oxygen atoms in total. The predicted octanol–water partition coefficient (Wildman–Crippen LogP) is 0.113. The first-order valence-electron chi connectivity index (χ1n) is 5.43. The molecule has 0 fully saturated rings. The van der Waals surface area contributed by atoms with Crippen LogP contribution >= 0.6 is 0 Å². The Balaban J connectivity index is 4.65. The fourth-order valence-electron chi connectivity index (χ4n) is 1.22. The number of carboxylic acids is 1. The normalized spacial score (nSPS) is 16.1. The van der Waals surface area contributed by atoms with E-state index in [1.165, 1.54) is 13.8 Å². The Labute approximate surface area is 101 Å². The summed E-state index contributed by atoms with van der Waals surface area (Å²) in [7, 11) is 0. The number of nitrogens with two attached hydrogens (primary N) is 1. The number of hydrogen-bond donors (Lipinski definition) is 3. The van der Waals surface area contributed by atoms with Crippen LogP contribution in [-0.4, -0.2) is 28.9 Å². The maximum atomic E-state index is 11.6. The molecule has 4 N–H and O–H groups in total. The molecule has 0 saturated heterocycles. The minimum absolute atomic E-state index is 0.183. The third-order valence-corrected chi connectivity index (χ3v) is 3.09. The molecular weight excluding hydrogens is 224 g/mol. The van der Waals surface area contributed by atoms with Gasteiger partial charge in [-0.2, -0.15) is 0 Å². The summed E-state index contributed by atoms with van der Waals surface area (Å²) < 4.78 is 0. The second-order valence-corrected chi connectivity index (χ2v) is 4.75. The maximum absolute atomic E-state index is 11.6. The first-order chi connectivity index (χ1) is 7.61. The third-order valence-electron chi connectivity index (χ3n) is 3.09. The topological polar surface area (TPSA) is 109 Å². The Morgan fingerprint density at radius 2 is 1.76 bits per heavy atom. The fraction of sp³-hybridized carbons (Fsp3) is 0.727. The van der Waals surface area contributed by atoms with Gasteiger partial charge in [-0.3, -0.25) is 14.4 Å². The molecule has 6 heteroatoms. The summed E-state index contributed by atoms with van der Waals surface area (Å²) in [4.78, 5) is 33.5. The number of carboxylic acid groups (broad SMARTS) is 1. The number of amides is 2. The molecule has 0 bridgehead atoms. The lowest BCUT2D eigenvalue weighted by molar-refractivity contribution is -0.153. The molecule has 98 valence electrons. The first-order valence-corrected chi connectivity index (χ1v) is 5.43. The molecule has 0 aliphatic rings. The van der Waals surface area contributed by atoms with Gasteiger partial charge in [0.15, 0.2) is 0 Å². The van der Waals surface area contributed by atoms with Gasteiger partial charge in [0.25, 0.3) is 0 Å². The van der Waals surface area contributed by atoms with Gasteiger partial charge in [-0.1, -0.05) is 13.8 Å². The molecule has 0 radical (unpaired) electrons. The molecule has 0 aliphatic heterocycles. The van der Waals surface area contributed by atoms with Crippen molar-refractivity contribution in [3.05, 3.63) is 0 Å². The van der Waals surface area contributed by atoms with Gasteiger partial charge in [0.1, 0.15) is 6.04 Å². The van der Waals surface area contributed by atoms with Crippen LogP contribution in [0.3, 0.4) is 0 Å². The van der Waals surface area contributed by atoms with Crippen LogP contribution in [0.4, 0.5) is 0 Å². The highest BCUT2D eigenvalue weighted by Crippen LogP contribution is 2.31. The molecule has 0 aromatic heterocycles. The van der Waals surface area contributed by atoms with E-state index in [-0.39, 0.29) is 12.3 Å². The Morgan fingerprint density at radius 3 is 2.06 bits per heavy atom. The Bertz CT molecular complexity index is 327. The van der Waals surface area contributed by atoms with E-state index in [9.17, 15) is 14.4 Å². The number of nitrogens with one attached hydrogen (secondary N) is 1. The predicted molar refractivity (Wildman–Crippen MR) is 62.0 cm³/mol. The summed E-state index contributed by atoms with van der Waals surface area (Å²) in [6.45, 7) is 6.43. The van der Waals surface area contributed by atoms with E-state index in [0.29, 0.717) is 0 Å². The fourth-order valence-corrected chi connectivity index (χ4v) is 1.22. The summed E-state index contributed by atoms with van der Waals surface area (Å²) in [5.41, 5.74) is 3.85. The number of carbonyl (C=O) groups excluding carboxylic acids is 2. The molecule has 2 amide bonds. The monoisotopic (exact) mass is 244 g/mol. The zero-order valence-electron chi connectivity index (χ0n) is 10.6. The Hall–Kier alpha value is -1.59. The van der Waals surface area contributed by atoms with Crippen molar-refractivity contribution in [2.75, 3.05) is 0 Å². The molecule has 2 atom stereocenters. The van der Waals surface area contributed by atoms with Crippen molar-refractivity contribution >= 4 is 17.8 Å². The third kappa shape index (κ3) is 4.05. The van der Waals surface area contributed by atoms with Crippen LogP contribution in [0.5, 0.6) is 0 Å². The van der Waals surface area contributed by atoms with Crippen LogP contribution in [0.1, 0.15) is 34.1 Å². The molecule has 0 spiro atoms. The summed E-state index contributed by atoms with van der Waals surface area (Å²) in [5, 5.41) is 11.5. The molecule has 0 aromatic rings. The van der Waals surface area contributed by atoms with Crippen molar-refractivity contribution in [1.29, 1.82) is 0 Å². The van der Waals surface area contributed by atoms with Crippen molar-refractivity contribution in [2.45, 2.75) is 40.2 Å². The largest absolute Gasteiger partial charge is 0.481 e. The van der Waals surface area contributed by atoms with Gasteiger partial charge in [0.2, 0.25) is 11.8 Å². The number of aliphatic carboxylic acids is 1. The van der Waals surface area contributed by atoms with Crippen molar-refractivity contribution in [1.82, 2.24) is 5.32 Å². The summed E-state index contributed by atoms with van der Waals surface area (Å²) >= 11 is 0. The second-order valence-electron chi connectivity index (χ2n) is 4.75. The smallest absolute Gasteiger partial charge is 0.310 e. The van der Waals surface area contributed by atoms with Gasteiger partial charge in [-0.15, -0.1) is 0 Å². The highest BCUT2D eigenvalue weighted by atomic mass is 16.4. The minimum Gasteiger partial charge on any atom is -0.481 e. The second kappa shape index (κ2) is 5.65. The zero-order valence-corrected chi connectivity index (χ0v) is 10.6. The van der Waals surface area contributed by atoms with E-state index >= 15 is 0 Å². The van der Waals surface area contributed by atoms with E-state index < -0.39 is 29.2 Å². The van der Waals surface area contributed by atoms with Crippen LogP contribution in [0.2, 0.25) is 0 Å². The molecule has 0 saturated carbocycles. The van der Waals surface area contributed by atoms with Gasteiger partial charge in [-0.05, 0) is 19.8 Å². The van der Waals surface area contributed by atoms with Gasteiger partial charge < -0.3 is 16.2 Å². The van der Waals surface area contributed by atoms with Crippen molar-refractivity contribution in [3.63, 3.8) is 0 Å². The van der Waals surface area contributed by atoms with Gasteiger partial charge >= 0.3 is 5.97 Å². The summed E-state index contributed by atoms with van der Waals surface area (Å²) in [6.07, 6.45) is -0.183. The van der Waals surface area contributed by atoms with E-state index in [4.69, 9.17) is 10.8 Å². The minimum atomic E-state index is -1.15. The average Bonchev–Trinajstić information content (AvgIpc) is 2.16. The lowest BCUT2D eigenvalue weighted by atomic mass is 9.76. The van der Waals surface area contributed by atoms with Crippen molar-refractivity contribution < 1.29 is 19.5 Å². The standard InChI is InChI=1S/C11H20N2O4/c1-6(2)11(4,10(16)17)5-8(14)13-7(3)9(12)15/h6-7H,5H2,1-4H3,(H2,12,15)(H,13,14)(H,16,17). The average molecular weight is 244 g/mol. The molecule has 2 unspecified atom stereocenters. The number of hydrogen-bond acceptors (Lipinski definition) is 3. The summed E-state index contributed by atoms with van der Waals surface area (Å²) in [5.74, 6) is -2.38. The number of carbonyl (C=O) groups is 3. The van der Waals surface area contributed by atoms with E-state index in [0.717, 1.165) is 0 Å². The lowest BCUT2D eigenvalue weighted by Gasteiger charge is -2.28. The molecule has 0 heterocycles. The number of primary amides is 1. The Morgan fingerprint density at radius 1 is 1.29 bits per heavy atom. The SMILES string of the molecule is CC(NC(=O)CC(C)(C(=O)O)C(C)C)C(N)=O. The van der Waals surface area contributed by atoms with Crippen molar-refractivity contribution in [2.24, 2.45) is 17.1 Å². The molecule has 0 rings (SSSR count). The first kappa shape index (κ1) is 15.4. The van der Waals surface area contributed by atoms with Crippen LogP contribution in [0.15, 0.2) is 0 Å². The van der Waals surface area contributed by atoms with E-state index in [1.54, 1.807) is 13.8 Å². The van der Waals surface area contributed by atoms with E-state index in [2.05, 4.69) is 5.32 Å². The van der Waals surface area contributed by atoms with E-state index in [1.807, 2.05) is 0 Å². The highest BCUT2D eigenvalue weighted by Gasteiger charge is 2.39. The molecular formula is C11H20N2O4. The van der Waals surface area contributed by atoms with Crippen molar-refractivity contribution in [3.8, 4) is 0 Å². The van der Waals surface area contributed by atoms with Crippen LogP contribution in [0.25, 0.3) is 0 Å². The summed E-state index contributed by atoms with van der Waals surface area (Å²) in [6, 6.07) is -0.798. The van der Waals surface area contributed by atoms with Crippen LogP contribution in [-0.2, 0) is 14.4 Å². The molecule has 0 aliphatic carbocycles. The molecule has 0 aromatic carbocycles. The van der Waals surface area contributed by atoms with Gasteiger partial charge in [0.05, 0.1) is 5.41 Å².